The van der Waals surface area contributed by atoms with E-state index in [2.05, 4.69) is 18.8 Å². The van der Waals surface area contributed by atoms with Crippen LogP contribution in [0.5, 0.6) is 0 Å². The Labute approximate surface area is 100 Å². The number of hydrogen-bond donors (Lipinski definition) is 1. The lowest BCUT2D eigenvalue weighted by atomic mass is 9.99. The van der Waals surface area contributed by atoms with Crippen LogP contribution in [-0.2, 0) is 4.74 Å². The zero-order valence-corrected chi connectivity index (χ0v) is 10.7. The number of rotatable bonds is 8. The van der Waals surface area contributed by atoms with E-state index in [1.54, 1.807) is 0 Å². The van der Waals surface area contributed by atoms with E-state index in [-0.39, 0.29) is 0 Å². The molecule has 1 rings (SSSR count). The lowest BCUT2D eigenvalue weighted by Gasteiger charge is -2.25. The maximum atomic E-state index is 5.76. The highest BCUT2D eigenvalue weighted by Crippen LogP contribution is 2.18. The van der Waals surface area contributed by atoms with Gasteiger partial charge < -0.3 is 10.1 Å². The molecule has 0 radical (unpaired) electrons. The number of allylic oxidation sites excluding steroid dienone is 1. The van der Waals surface area contributed by atoms with E-state index < -0.39 is 0 Å². The predicted molar refractivity (Wildman–Crippen MR) is 69.7 cm³/mol. The Morgan fingerprint density at radius 1 is 1.44 bits per heavy atom. The molecular formula is C14H27NO. The van der Waals surface area contributed by atoms with E-state index in [0.717, 1.165) is 19.6 Å². The standard InChI is InChI=1S/C14H27NO/c1-3-5-8-13(15-4-2)10-11-14-9-6-7-12-16-14/h3,13-15H,1,4-12H2,2H3. The molecule has 2 unspecified atom stereocenters. The van der Waals surface area contributed by atoms with E-state index in [4.69, 9.17) is 4.74 Å². The first-order valence-corrected chi connectivity index (χ1v) is 6.82. The molecule has 0 bridgehead atoms. The van der Waals surface area contributed by atoms with E-state index in [9.17, 15) is 0 Å². The summed E-state index contributed by atoms with van der Waals surface area (Å²) in [7, 11) is 0. The normalized spacial score (nSPS) is 22.9. The minimum Gasteiger partial charge on any atom is -0.378 e. The number of nitrogens with one attached hydrogen (secondary N) is 1. The van der Waals surface area contributed by atoms with Gasteiger partial charge in [-0.3, -0.25) is 0 Å². The molecule has 1 fully saturated rings. The monoisotopic (exact) mass is 225 g/mol. The fraction of sp³-hybridized carbons (Fsp3) is 0.857. The van der Waals surface area contributed by atoms with Crippen LogP contribution in [0.15, 0.2) is 12.7 Å². The molecule has 94 valence electrons. The van der Waals surface area contributed by atoms with Gasteiger partial charge in [-0.15, -0.1) is 6.58 Å². The van der Waals surface area contributed by atoms with Crippen molar-refractivity contribution in [2.45, 2.75) is 64.0 Å². The van der Waals surface area contributed by atoms with E-state index in [1.807, 2.05) is 6.08 Å². The highest BCUT2D eigenvalue weighted by Gasteiger charge is 2.15. The van der Waals surface area contributed by atoms with Gasteiger partial charge in [-0.2, -0.15) is 0 Å². The van der Waals surface area contributed by atoms with Gasteiger partial charge in [0.25, 0.3) is 0 Å². The second kappa shape index (κ2) is 8.77. The van der Waals surface area contributed by atoms with Crippen molar-refractivity contribution in [3.05, 3.63) is 12.7 Å². The molecule has 0 aromatic heterocycles. The molecule has 1 aliphatic heterocycles. The first-order chi connectivity index (χ1) is 7.86. The summed E-state index contributed by atoms with van der Waals surface area (Å²) in [5, 5.41) is 3.55. The molecular weight excluding hydrogens is 198 g/mol. The molecule has 16 heavy (non-hydrogen) atoms. The average Bonchev–Trinajstić information content (AvgIpc) is 2.34. The van der Waals surface area contributed by atoms with E-state index >= 15 is 0 Å². The highest BCUT2D eigenvalue weighted by atomic mass is 16.5. The van der Waals surface area contributed by atoms with Gasteiger partial charge >= 0.3 is 0 Å². The molecule has 1 saturated heterocycles. The van der Waals surface area contributed by atoms with Gasteiger partial charge in [0.05, 0.1) is 6.10 Å². The molecule has 1 heterocycles. The quantitative estimate of drug-likeness (QED) is 0.640. The summed E-state index contributed by atoms with van der Waals surface area (Å²) in [5.74, 6) is 0. The fourth-order valence-corrected chi connectivity index (χ4v) is 2.38. The van der Waals surface area contributed by atoms with E-state index in [0.29, 0.717) is 12.1 Å². The van der Waals surface area contributed by atoms with Gasteiger partial charge in [-0.1, -0.05) is 13.0 Å². The van der Waals surface area contributed by atoms with Crippen LogP contribution in [0.4, 0.5) is 0 Å². The molecule has 1 N–H and O–H groups in total. The number of hydrogen-bond acceptors (Lipinski definition) is 2. The molecule has 2 atom stereocenters. The van der Waals surface area contributed by atoms with Crippen molar-refractivity contribution < 1.29 is 4.74 Å². The lowest BCUT2D eigenvalue weighted by molar-refractivity contribution is 0.00848. The Morgan fingerprint density at radius 3 is 2.94 bits per heavy atom. The minimum absolute atomic E-state index is 0.527. The summed E-state index contributed by atoms with van der Waals surface area (Å²) >= 11 is 0. The first kappa shape index (κ1) is 13.7. The van der Waals surface area contributed by atoms with Gasteiger partial charge in [0.2, 0.25) is 0 Å². The van der Waals surface area contributed by atoms with Crippen molar-refractivity contribution in [2.75, 3.05) is 13.2 Å². The summed E-state index contributed by atoms with van der Waals surface area (Å²) in [6.45, 7) is 8.01. The van der Waals surface area contributed by atoms with Crippen molar-refractivity contribution in [3.63, 3.8) is 0 Å². The zero-order valence-electron chi connectivity index (χ0n) is 10.7. The minimum atomic E-state index is 0.527. The van der Waals surface area contributed by atoms with Crippen molar-refractivity contribution in [2.24, 2.45) is 0 Å². The molecule has 2 nitrogen and oxygen atoms in total. The molecule has 2 heteroatoms. The third kappa shape index (κ3) is 5.66. The number of ether oxygens (including phenoxy) is 1. The van der Waals surface area contributed by atoms with Gasteiger partial charge in [-0.05, 0) is 51.5 Å². The van der Waals surface area contributed by atoms with Crippen LogP contribution >= 0.6 is 0 Å². The van der Waals surface area contributed by atoms with Gasteiger partial charge in [-0.25, -0.2) is 0 Å². The lowest BCUT2D eigenvalue weighted by Crippen LogP contribution is -2.30. The van der Waals surface area contributed by atoms with Crippen molar-refractivity contribution in [1.29, 1.82) is 0 Å². The van der Waals surface area contributed by atoms with Gasteiger partial charge in [0.1, 0.15) is 0 Å². The Hall–Kier alpha value is -0.340. The largest absolute Gasteiger partial charge is 0.378 e. The summed E-state index contributed by atoms with van der Waals surface area (Å²) in [5.41, 5.74) is 0. The van der Waals surface area contributed by atoms with Crippen LogP contribution < -0.4 is 5.32 Å². The van der Waals surface area contributed by atoms with Crippen LogP contribution in [0.25, 0.3) is 0 Å². The van der Waals surface area contributed by atoms with Crippen LogP contribution in [0.2, 0.25) is 0 Å². The Kier molecular flexibility index (Phi) is 7.52. The Bertz CT molecular complexity index is 176. The predicted octanol–water partition coefficient (Wildman–Crippen LogP) is 3.28. The smallest absolute Gasteiger partial charge is 0.0575 e. The van der Waals surface area contributed by atoms with Crippen LogP contribution in [-0.4, -0.2) is 25.3 Å². The molecule has 0 aliphatic carbocycles. The molecule has 0 spiro atoms. The van der Waals surface area contributed by atoms with E-state index in [1.165, 1.54) is 38.5 Å². The third-order valence-electron chi connectivity index (χ3n) is 3.32. The van der Waals surface area contributed by atoms with Crippen LogP contribution in [0.1, 0.15) is 51.9 Å². The van der Waals surface area contributed by atoms with Crippen LogP contribution in [0, 0.1) is 0 Å². The summed E-state index contributed by atoms with van der Waals surface area (Å²) in [6, 6.07) is 0.647. The van der Waals surface area contributed by atoms with Gasteiger partial charge in [0.15, 0.2) is 0 Å². The molecule has 0 amide bonds. The molecule has 0 aromatic carbocycles. The average molecular weight is 225 g/mol. The SMILES string of the molecule is C=CCCC(CCC1CCCCO1)NCC. The fourth-order valence-electron chi connectivity index (χ4n) is 2.38. The highest BCUT2D eigenvalue weighted by molar-refractivity contribution is 4.75. The molecule has 1 aliphatic rings. The van der Waals surface area contributed by atoms with Crippen LogP contribution in [0.3, 0.4) is 0 Å². The van der Waals surface area contributed by atoms with Crippen molar-refractivity contribution in [1.82, 2.24) is 5.32 Å². The topological polar surface area (TPSA) is 21.3 Å². The third-order valence-corrected chi connectivity index (χ3v) is 3.32. The zero-order chi connectivity index (χ0) is 11.6. The van der Waals surface area contributed by atoms with Crippen molar-refractivity contribution in [3.8, 4) is 0 Å². The summed E-state index contributed by atoms with van der Waals surface area (Å²) in [6.07, 6.45) is 11.2. The second-order valence-corrected chi connectivity index (χ2v) is 4.69. The first-order valence-electron chi connectivity index (χ1n) is 6.82. The molecule has 0 aromatic rings. The Morgan fingerprint density at radius 2 is 2.31 bits per heavy atom. The molecule has 0 saturated carbocycles. The second-order valence-electron chi connectivity index (χ2n) is 4.69. The summed E-state index contributed by atoms with van der Waals surface area (Å²) in [4.78, 5) is 0. The van der Waals surface area contributed by atoms with Crippen molar-refractivity contribution >= 4 is 0 Å². The summed E-state index contributed by atoms with van der Waals surface area (Å²) < 4.78 is 5.76. The maximum absolute atomic E-state index is 5.76. The van der Waals surface area contributed by atoms with Gasteiger partial charge in [0, 0.05) is 12.6 Å². The Balaban J connectivity index is 2.16. The maximum Gasteiger partial charge on any atom is 0.0575 e.